The standard InChI is InChI=1S/C15H22N4O2/c20-14-9-11(10-19(14)12-3-1-2-4-12)15(21)18-6-5-13-16-7-8-17-13/h7-8,11-12H,1-6,9-10H2,(H,16,17)(H,18,21)/t11-/m0/s1. The van der Waals surface area contributed by atoms with Gasteiger partial charge in [-0.05, 0) is 12.8 Å². The summed E-state index contributed by atoms with van der Waals surface area (Å²) in [7, 11) is 0. The summed E-state index contributed by atoms with van der Waals surface area (Å²) in [4.78, 5) is 33.3. The van der Waals surface area contributed by atoms with Crippen LogP contribution in [0.15, 0.2) is 12.4 Å². The number of aromatic nitrogens is 2. The second kappa shape index (κ2) is 6.28. The van der Waals surface area contributed by atoms with Crippen molar-refractivity contribution in [1.29, 1.82) is 0 Å². The predicted molar refractivity (Wildman–Crippen MR) is 77.4 cm³/mol. The molecule has 2 aliphatic rings. The Labute approximate surface area is 124 Å². The number of hydrogen-bond donors (Lipinski definition) is 2. The Balaban J connectivity index is 1.46. The smallest absolute Gasteiger partial charge is 0.225 e. The molecule has 21 heavy (non-hydrogen) atoms. The molecule has 0 bridgehead atoms. The number of imidazole rings is 1. The van der Waals surface area contributed by atoms with Gasteiger partial charge in [0.1, 0.15) is 5.82 Å². The number of aromatic amines is 1. The topological polar surface area (TPSA) is 78.1 Å². The van der Waals surface area contributed by atoms with Crippen molar-refractivity contribution in [2.24, 2.45) is 5.92 Å². The molecular weight excluding hydrogens is 268 g/mol. The van der Waals surface area contributed by atoms with Crippen LogP contribution in [0.5, 0.6) is 0 Å². The highest BCUT2D eigenvalue weighted by Gasteiger charge is 2.38. The second-order valence-electron chi connectivity index (χ2n) is 5.96. The number of H-pyrrole nitrogens is 1. The van der Waals surface area contributed by atoms with Gasteiger partial charge in [-0.25, -0.2) is 4.98 Å². The molecule has 0 spiro atoms. The van der Waals surface area contributed by atoms with Crippen LogP contribution in [0.4, 0.5) is 0 Å². The molecule has 0 radical (unpaired) electrons. The molecule has 3 rings (SSSR count). The Morgan fingerprint density at radius 3 is 2.95 bits per heavy atom. The van der Waals surface area contributed by atoms with Crippen LogP contribution in [0.1, 0.15) is 37.9 Å². The van der Waals surface area contributed by atoms with Crippen molar-refractivity contribution in [1.82, 2.24) is 20.2 Å². The Kier molecular flexibility index (Phi) is 4.22. The van der Waals surface area contributed by atoms with E-state index >= 15 is 0 Å². The molecule has 2 N–H and O–H groups in total. The minimum absolute atomic E-state index is 0.00426. The fourth-order valence-corrected chi connectivity index (χ4v) is 3.36. The summed E-state index contributed by atoms with van der Waals surface area (Å²) in [5.74, 6) is 0.823. The highest BCUT2D eigenvalue weighted by molar-refractivity contribution is 5.89. The largest absolute Gasteiger partial charge is 0.355 e. The van der Waals surface area contributed by atoms with Gasteiger partial charge in [0.25, 0.3) is 0 Å². The maximum atomic E-state index is 12.2. The SMILES string of the molecule is O=C(NCCc1ncc[nH]1)[C@H]1CC(=O)N(C2CCCC2)C1. The number of carbonyl (C=O) groups is 2. The highest BCUT2D eigenvalue weighted by Crippen LogP contribution is 2.29. The average molecular weight is 290 g/mol. The van der Waals surface area contributed by atoms with Crippen LogP contribution in [0, 0.1) is 5.92 Å². The van der Waals surface area contributed by atoms with Crippen molar-refractivity contribution in [3.63, 3.8) is 0 Å². The summed E-state index contributed by atoms with van der Waals surface area (Å²) < 4.78 is 0. The van der Waals surface area contributed by atoms with E-state index in [2.05, 4.69) is 15.3 Å². The zero-order valence-electron chi connectivity index (χ0n) is 12.2. The first-order valence-electron chi connectivity index (χ1n) is 7.79. The van der Waals surface area contributed by atoms with Gasteiger partial charge in [-0.3, -0.25) is 9.59 Å². The normalized spacial score (nSPS) is 23.0. The summed E-state index contributed by atoms with van der Waals surface area (Å²) in [5.41, 5.74) is 0. The van der Waals surface area contributed by atoms with Crippen LogP contribution >= 0.6 is 0 Å². The molecule has 0 aromatic carbocycles. The molecule has 1 saturated carbocycles. The van der Waals surface area contributed by atoms with Gasteiger partial charge in [0.05, 0.1) is 5.92 Å². The molecule has 2 heterocycles. The Bertz CT molecular complexity index is 494. The second-order valence-corrected chi connectivity index (χ2v) is 5.96. The summed E-state index contributed by atoms with van der Waals surface area (Å²) in [6.07, 6.45) is 9.12. The molecule has 1 aliphatic heterocycles. The summed E-state index contributed by atoms with van der Waals surface area (Å²) >= 11 is 0. The Hall–Kier alpha value is -1.85. The number of nitrogens with one attached hydrogen (secondary N) is 2. The van der Waals surface area contributed by atoms with Crippen LogP contribution in [0.2, 0.25) is 0 Å². The zero-order chi connectivity index (χ0) is 14.7. The first-order chi connectivity index (χ1) is 10.2. The minimum atomic E-state index is -0.185. The van der Waals surface area contributed by atoms with Crippen LogP contribution in [0.25, 0.3) is 0 Å². The van der Waals surface area contributed by atoms with E-state index in [0.29, 0.717) is 32.0 Å². The van der Waals surface area contributed by atoms with Crippen molar-refractivity contribution in [2.45, 2.75) is 44.6 Å². The highest BCUT2D eigenvalue weighted by atomic mass is 16.2. The first-order valence-corrected chi connectivity index (χ1v) is 7.79. The van der Waals surface area contributed by atoms with Crippen LogP contribution in [-0.2, 0) is 16.0 Å². The number of likely N-dealkylation sites (tertiary alicyclic amines) is 1. The average Bonchev–Trinajstić information content (AvgIpc) is 3.19. The molecule has 0 unspecified atom stereocenters. The van der Waals surface area contributed by atoms with E-state index in [1.165, 1.54) is 12.8 Å². The molecule has 1 saturated heterocycles. The third-order valence-corrected chi connectivity index (χ3v) is 4.51. The van der Waals surface area contributed by atoms with Crippen LogP contribution < -0.4 is 5.32 Å². The summed E-state index contributed by atoms with van der Waals surface area (Å²) in [6.45, 7) is 1.15. The Morgan fingerprint density at radius 2 is 2.24 bits per heavy atom. The maximum absolute atomic E-state index is 12.2. The van der Waals surface area contributed by atoms with Crippen LogP contribution in [-0.4, -0.2) is 45.8 Å². The summed E-state index contributed by atoms with van der Waals surface area (Å²) in [5, 5.41) is 2.92. The third-order valence-electron chi connectivity index (χ3n) is 4.51. The van der Waals surface area contributed by atoms with Crippen molar-refractivity contribution in [3.8, 4) is 0 Å². The molecular formula is C15H22N4O2. The quantitative estimate of drug-likeness (QED) is 0.844. The van der Waals surface area contributed by atoms with Gasteiger partial charge in [-0.15, -0.1) is 0 Å². The molecule has 114 valence electrons. The monoisotopic (exact) mass is 290 g/mol. The van der Waals surface area contributed by atoms with E-state index in [1.54, 1.807) is 12.4 Å². The fraction of sp³-hybridized carbons (Fsp3) is 0.667. The molecule has 1 aromatic heterocycles. The van der Waals surface area contributed by atoms with Crippen molar-refractivity contribution in [3.05, 3.63) is 18.2 Å². The number of nitrogens with zero attached hydrogens (tertiary/aromatic N) is 2. The van der Waals surface area contributed by atoms with E-state index < -0.39 is 0 Å². The Morgan fingerprint density at radius 1 is 1.43 bits per heavy atom. The van der Waals surface area contributed by atoms with Gasteiger partial charge in [0.2, 0.25) is 11.8 Å². The van der Waals surface area contributed by atoms with Crippen molar-refractivity contribution in [2.75, 3.05) is 13.1 Å². The molecule has 1 aromatic rings. The van der Waals surface area contributed by atoms with E-state index in [9.17, 15) is 9.59 Å². The van der Waals surface area contributed by atoms with Crippen LogP contribution in [0.3, 0.4) is 0 Å². The lowest BCUT2D eigenvalue weighted by atomic mass is 10.1. The zero-order valence-corrected chi connectivity index (χ0v) is 12.2. The molecule has 2 amide bonds. The minimum Gasteiger partial charge on any atom is -0.355 e. The van der Waals surface area contributed by atoms with Crippen molar-refractivity contribution >= 4 is 11.8 Å². The molecule has 6 nitrogen and oxygen atoms in total. The number of rotatable bonds is 5. The van der Waals surface area contributed by atoms with Gasteiger partial charge in [0.15, 0.2) is 0 Å². The number of carbonyl (C=O) groups excluding carboxylic acids is 2. The predicted octanol–water partition coefficient (Wildman–Crippen LogP) is 0.859. The summed E-state index contributed by atoms with van der Waals surface area (Å²) in [6, 6.07) is 0.374. The van der Waals surface area contributed by atoms with Crippen molar-refractivity contribution < 1.29 is 9.59 Å². The molecule has 1 atom stereocenters. The third kappa shape index (κ3) is 3.25. The van der Waals surface area contributed by atoms with Gasteiger partial charge in [0, 0.05) is 44.4 Å². The number of hydrogen-bond acceptors (Lipinski definition) is 3. The molecule has 1 aliphatic carbocycles. The van der Waals surface area contributed by atoms with E-state index in [-0.39, 0.29) is 17.7 Å². The molecule has 2 fully saturated rings. The van der Waals surface area contributed by atoms with Gasteiger partial charge in [-0.2, -0.15) is 0 Å². The maximum Gasteiger partial charge on any atom is 0.225 e. The fourth-order valence-electron chi connectivity index (χ4n) is 3.36. The molecule has 6 heteroatoms. The van der Waals surface area contributed by atoms with E-state index in [4.69, 9.17) is 0 Å². The van der Waals surface area contributed by atoms with E-state index in [0.717, 1.165) is 18.7 Å². The number of amides is 2. The lowest BCUT2D eigenvalue weighted by Gasteiger charge is -2.23. The lowest BCUT2D eigenvalue weighted by molar-refractivity contribution is -0.130. The van der Waals surface area contributed by atoms with Gasteiger partial charge >= 0.3 is 0 Å². The van der Waals surface area contributed by atoms with Gasteiger partial charge < -0.3 is 15.2 Å². The van der Waals surface area contributed by atoms with Gasteiger partial charge in [-0.1, -0.05) is 12.8 Å². The first kappa shape index (κ1) is 14.1. The lowest BCUT2D eigenvalue weighted by Crippen LogP contribution is -2.37. The van der Waals surface area contributed by atoms with E-state index in [1.807, 2.05) is 4.90 Å².